The second-order valence-corrected chi connectivity index (χ2v) is 6.60. The summed E-state index contributed by atoms with van der Waals surface area (Å²) in [5.41, 5.74) is 0.197. The molecule has 0 heterocycles. The van der Waals surface area contributed by atoms with E-state index in [4.69, 9.17) is 0 Å². The Morgan fingerprint density at radius 1 is 1.42 bits per heavy atom. The zero-order valence-corrected chi connectivity index (χ0v) is 12.6. The predicted molar refractivity (Wildman–Crippen MR) is 82.0 cm³/mol. The first-order valence-electron chi connectivity index (χ1n) is 8.23. The lowest BCUT2D eigenvalue weighted by Gasteiger charge is -2.24. The molecule has 0 saturated heterocycles. The van der Waals surface area contributed by atoms with Crippen LogP contribution in [0.5, 0.6) is 0 Å². The fraction of sp³-hybridized carbons (Fsp3) is 0.778. The van der Waals surface area contributed by atoms with Gasteiger partial charge in [-0.05, 0) is 37.5 Å². The summed E-state index contributed by atoms with van der Waals surface area (Å²) in [4.78, 5) is 0. The number of hydrogen-bond acceptors (Lipinski definition) is 1. The summed E-state index contributed by atoms with van der Waals surface area (Å²) in [7, 11) is 0. The normalized spacial score (nSPS) is 35.1. The molecule has 1 heteroatoms. The zero-order chi connectivity index (χ0) is 13.7. The van der Waals surface area contributed by atoms with Crippen LogP contribution < -0.4 is 0 Å². The fourth-order valence-corrected chi connectivity index (χ4v) is 3.90. The molecule has 0 aliphatic heterocycles. The number of aliphatic hydroxyl groups is 1. The molecule has 3 unspecified atom stereocenters. The maximum atomic E-state index is 9.90. The van der Waals surface area contributed by atoms with E-state index in [9.17, 15) is 5.11 Å². The van der Waals surface area contributed by atoms with Crippen molar-refractivity contribution < 1.29 is 5.11 Å². The van der Waals surface area contributed by atoms with Crippen LogP contribution in [0.2, 0.25) is 0 Å². The summed E-state index contributed by atoms with van der Waals surface area (Å²) >= 11 is 0. The van der Waals surface area contributed by atoms with E-state index < -0.39 is 0 Å². The summed E-state index contributed by atoms with van der Waals surface area (Å²) in [5, 5.41) is 9.90. The van der Waals surface area contributed by atoms with Crippen molar-refractivity contribution in [3.63, 3.8) is 0 Å². The molecule has 1 nitrogen and oxygen atoms in total. The van der Waals surface area contributed by atoms with Crippen molar-refractivity contribution >= 4 is 0 Å². The van der Waals surface area contributed by atoms with Crippen LogP contribution in [0.4, 0.5) is 0 Å². The molecule has 0 aromatic heterocycles. The van der Waals surface area contributed by atoms with Crippen molar-refractivity contribution in [2.24, 2.45) is 17.3 Å². The van der Waals surface area contributed by atoms with E-state index in [0.717, 1.165) is 25.2 Å². The molecule has 19 heavy (non-hydrogen) atoms. The molecular formula is C18H30O. The Balaban J connectivity index is 1.89. The van der Waals surface area contributed by atoms with Gasteiger partial charge in [0.25, 0.3) is 0 Å². The molecular weight excluding hydrogens is 232 g/mol. The summed E-state index contributed by atoms with van der Waals surface area (Å²) in [5.74, 6) is 1.51. The maximum absolute atomic E-state index is 9.90. The largest absolute Gasteiger partial charge is 0.393 e. The van der Waals surface area contributed by atoms with E-state index in [1.54, 1.807) is 0 Å². The van der Waals surface area contributed by atoms with E-state index in [1.807, 2.05) is 0 Å². The highest BCUT2D eigenvalue weighted by Crippen LogP contribution is 2.51. The van der Waals surface area contributed by atoms with Crippen molar-refractivity contribution in [3.8, 4) is 0 Å². The Morgan fingerprint density at radius 2 is 2.26 bits per heavy atom. The molecule has 2 aliphatic rings. The van der Waals surface area contributed by atoms with Gasteiger partial charge in [0.1, 0.15) is 0 Å². The van der Waals surface area contributed by atoms with Gasteiger partial charge in [0, 0.05) is 5.41 Å². The Hall–Kier alpha value is -0.560. The first-order valence-corrected chi connectivity index (χ1v) is 8.23. The van der Waals surface area contributed by atoms with Crippen LogP contribution in [-0.4, -0.2) is 11.2 Å². The predicted octanol–water partition coefficient (Wildman–Crippen LogP) is 4.87. The lowest BCUT2D eigenvalue weighted by molar-refractivity contribution is 0.173. The molecule has 4 atom stereocenters. The Labute approximate surface area is 118 Å². The standard InChI is InChI=1S/C18H30O/c1-3-5-8-15(4-2)9-6-11-18-12-7-10-16(18)13-17(19)14-18/h6-7,11-12,15-17,19H,3-5,8-10,13-14H2,1-2H3/b11-6+/t15-,16?,17?,18?/m1/s1. The fourth-order valence-electron chi connectivity index (χ4n) is 3.90. The highest BCUT2D eigenvalue weighted by atomic mass is 16.3. The van der Waals surface area contributed by atoms with Crippen LogP contribution in [-0.2, 0) is 0 Å². The second kappa shape index (κ2) is 6.74. The highest BCUT2D eigenvalue weighted by Gasteiger charge is 2.44. The van der Waals surface area contributed by atoms with Crippen LogP contribution in [0.1, 0.15) is 65.2 Å². The van der Waals surface area contributed by atoms with Crippen molar-refractivity contribution in [2.45, 2.75) is 71.3 Å². The van der Waals surface area contributed by atoms with Gasteiger partial charge in [-0.2, -0.15) is 0 Å². The summed E-state index contributed by atoms with van der Waals surface area (Å²) in [6, 6.07) is 0. The van der Waals surface area contributed by atoms with Gasteiger partial charge in [0.05, 0.1) is 6.10 Å². The number of allylic oxidation sites excluding steroid dienone is 4. The smallest absolute Gasteiger partial charge is 0.0554 e. The summed E-state index contributed by atoms with van der Waals surface area (Å²) in [6.45, 7) is 4.58. The molecule has 108 valence electrons. The third-order valence-electron chi connectivity index (χ3n) is 5.20. The maximum Gasteiger partial charge on any atom is 0.0554 e. The van der Waals surface area contributed by atoms with Gasteiger partial charge >= 0.3 is 0 Å². The van der Waals surface area contributed by atoms with Crippen LogP contribution in [0.15, 0.2) is 24.3 Å². The van der Waals surface area contributed by atoms with Crippen molar-refractivity contribution in [1.29, 1.82) is 0 Å². The Bertz CT molecular complexity index is 331. The van der Waals surface area contributed by atoms with E-state index >= 15 is 0 Å². The van der Waals surface area contributed by atoms with Gasteiger partial charge in [-0.1, -0.05) is 63.8 Å². The number of aliphatic hydroxyl groups excluding tert-OH is 1. The van der Waals surface area contributed by atoms with Gasteiger partial charge < -0.3 is 5.11 Å². The zero-order valence-electron chi connectivity index (χ0n) is 12.6. The molecule has 0 radical (unpaired) electrons. The highest BCUT2D eigenvalue weighted by molar-refractivity contribution is 5.23. The first-order chi connectivity index (χ1) is 9.20. The van der Waals surface area contributed by atoms with Gasteiger partial charge in [-0.3, -0.25) is 0 Å². The van der Waals surface area contributed by atoms with Crippen LogP contribution in [0.3, 0.4) is 0 Å². The molecule has 0 aromatic carbocycles. The monoisotopic (exact) mass is 262 g/mol. The molecule has 1 N–H and O–H groups in total. The molecule has 0 aromatic rings. The lowest BCUT2D eigenvalue weighted by atomic mass is 9.80. The van der Waals surface area contributed by atoms with Gasteiger partial charge in [0.15, 0.2) is 0 Å². The third-order valence-corrected chi connectivity index (χ3v) is 5.20. The average Bonchev–Trinajstić information content (AvgIpc) is 2.89. The van der Waals surface area contributed by atoms with Crippen LogP contribution in [0.25, 0.3) is 0 Å². The molecule has 1 fully saturated rings. The van der Waals surface area contributed by atoms with E-state index in [0.29, 0.717) is 5.92 Å². The van der Waals surface area contributed by atoms with E-state index in [1.165, 1.54) is 32.1 Å². The van der Waals surface area contributed by atoms with Crippen molar-refractivity contribution in [2.75, 3.05) is 0 Å². The van der Waals surface area contributed by atoms with E-state index in [-0.39, 0.29) is 11.5 Å². The molecule has 1 saturated carbocycles. The second-order valence-electron chi connectivity index (χ2n) is 6.60. The third kappa shape index (κ3) is 3.51. The van der Waals surface area contributed by atoms with Crippen molar-refractivity contribution in [1.82, 2.24) is 0 Å². The topological polar surface area (TPSA) is 20.2 Å². The molecule has 2 aliphatic carbocycles. The number of fused-ring (bicyclic) bond motifs is 1. The number of unbranched alkanes of at least 4 members (excludes halogenated alkanes) is 1. The molecule has 0 amide bonds. The minimum atomic E-state index is -0.0818. The number of rotatable bonds is 7. The minimum absolute atomic E-state index is 0.0818. The summed E-state index contributed by atoms with van der Waals surface area (Å²) in [6.07, 6.45) is 19.1. The summed E-state index contributed by atoms with van der Waals surface area (Å²) < 4.78 is 0. The van der Waals surface area contributed by atoms with Gasteiger partial charge in [0.2, 0.25) is 0 Å². The average molecular weight is 262 g/mol. The number of hydrogen-bond donors (Lipinski definition) is 1. The van der Waals surface area contributed by atoms with Crippen LogP contribution >= 0.6 is 0 Å². The molecule has 0 spiro atoms. The van der Waals surface area contributed by atoms with E-state index in [2.05, 4.69) is 38.2 Å². The van der Waals surface area contributed by atoms with Crippen molar-refractivity contribution in [3.05, 3.63) is 24.3 Å². The minimum Gasteiger partial charge on any atom is -0.393 e. The SMILES string of the molecule is CCCC[C@@H](CC)C/C=C/C12C=CCC1CC(O)C2. The Morgan fingerprint density at radius 3 is 3.00 bits per heavy atom. The lowest BCUT2D eigenvalue weighted by Crippen LogP contribution is -2.16. The van der Waals surface area contributed by atoms with Crippen LogP contribution in [0, 0.1) is 17.3 Å². The van der Waals surface area contributed by atoms with Gasteiger partial charge in [-0.15, -0.1) is 0 Å². The van der Waals surface area contributed by atoms with Gasteiger partial charge in [-0.25, -0.2) is 0 Å². The quantitative estimate of drug-likeness (QED) is 0.649. The molecule has 2 rings (SSSR count). The first kappa shape index (κ1) is 14.8. The molecule has 0 bridgehead atoms. The Kier molecular flexibility index (Phi) is 5.27.